The average molecular weight is 256 g/mol. The number of halogens is 1. The van der Waals surface area contributed by atoms with E-state index in [0.717, 1.165) is 30.0 Å². The first-order valence-electron chi connectivity index (χ1n) is 6.22. The van der Waals surface area contributed by atoms with Crippen LogP contribution in [0.4, 0.5) is 0 Å². The van der Waals surface area contributed by atoms with Gasteiger partial charge in [0.1, 0.15) is 0 Å². The summed E-state index contributed by atoms with van der Waals surface area (Å²) in [6, 6.07) is 7.89. The molecule has 1 rings (SSSR count). The Bertz CT molecular complexity index is 330. The van der Waals surface area contributed by atoms with Gasteiger partial charge in [-0.25, -0.2) is 0 Å². The van der Waals surface area contributed by atoms with Gasteiger partial charge in [0.2, 0.25) is 0 Å². The fourth-order valence-electron chi connectivity index (χ4n) is 1.89. The van der Waals surface area contributed by atoms with Gasteiger partial charge in [0.25, 0.3) is 0 Å². The number of hydrogen-bond donors (Lipinski definition) is 1. The van der Waals surface area contributed by atoms with Crippen molar-refractivity contribution < 1.29 is 4.74 Å². The Morgan fingerprint density at radius 2 is 2.18 bits per heavy atom. The first-order valence-corrected chi connectivity index (χ1v) is 6.60. The standard InChI is InChI=1S/C14H22ClNO/c1-4-6-11(2)17-14(10-16-3)12-7-5-8-13(15)9-12/h5,7-9,11,14,16H,4,6,10H2,1-3H3. The van der Waals surface area contributed by atoms with Gasteiger partial charge in [-0.1, -0.05) is 37.1 Å². The lowest BCUT2D eigenvalue weighted by atomic mass is 10.1. The summed E-state index contributed by atoms with van der Waals surface area (Å²) in [5.74, 6) is 0. The molecule has 2 nitrogen and oxygen atoms in total. The number of nitrogens with one attached hydrogen (secondary N) is 1. The van der Waals surface area contributed by atoms with E-state index in [1.165, 1.54) is 0 Å². The molecule has 2 unspecified atom stereocenters. The zero-order valence-electron chi connectivity index (χ0n) is 10.9. The highest BCUT2D eigenvalue weighted by molar-refractivity contribution is 6.30. The highest BCUT2D eigenvalue weighted by Gasteiger charge is 2.14. The third-order valence-electron chi connectivity index (χ3n) is 2.70. The van der Waals surface area contributed by atoms with Crippen LogP contribution in [-0.2, 0) is 4.74 Å². The molecule has 0 spiro atoms. The van der Waals surface area contributed by atoms with Gasteiger partial charge in [-0.15, -0.1) is 0 Å². The van der Waals surface area contributed by atoms with Crippen molar-refractivity contribution in [3.8, 4) is 0 Å². The van der Waals surface area contributed by atoms with Crippen molar-refractivity contribution in [3.05, 3.63) is 34.9 Å². The Hall–Kier alpha value is -0.570. The highest BCUT2D eigenvalue weighted by Crippen LogP contribution is 2.22. The Labute approximate surface area is 109 Å². The van der Waals surface area contributed by atoms with Gasteiger partial charge in [-0.05, 0) is 38.1 Å². The van der Waals surface area contributed by atoms with Crippen LogP contribution < -0.4 is 5.32 Å². The number of ether oxygens (including phenoxy) is 1. The maximum absolute atomic E-state index is 6.05. The predicted octanol–water partition coefficient (Wildman–Crippen LogP) is 3.81. The maximum Gasteiger partial charge on any atom is 0.0953 e. The van der Waals surface area contributed by atoms with E-state index in [1.54, 1.807) is 0 Å². The van der Waals surface area contributed by atoms with Gasteiger partial charge in [0.15, 0.2) is 0 Å². The Kier molecular flexibility index (Phi) is 6.56. The van der Waals surface area contributed by atoms with Crippen LogP contribution in [0, 0.1) is 0 Å². The van der Waals surface area contributed by atoms with Crippen molar-refractivity contribution >= 4 is 11.6 Å². The normalized spacial score (nSPS) is 14.6. The molecular formula is C14H22ClNO. The van der Waals surface area contributed by atoms with E-state index < -0.39 is 0 Å². The average Bonchev–Trinajstić information content (AvgIpc) is 2.29. The molecule has 1 N–H and O–H groups in total. The van der Waals surface area contributed by atoms with Crippen LogP contribution in [0.2, 0.25) is 5.02 Å². The van der Waals surface area contributed by atoms with Gasteiger partial charge in [-0.3, -0.25) is 0 Å². The summed E-state index contributed by atoms with van der Waals surface area (Å²) in [4.78, 5) is 0. The second-order valence-electron chi connectivity index (χ2n) is 4.34. The van der Waals surface area contributed by atoms with Gasteiger partial charge < -0.3 is 10.1 Å². The Morgan fingerprint density at radius 1 is 1.41 bits per heavy atom. The zero-order valence-corrected chi connectivity index (χ0v) is 11.6. The lowest BCUT2D eigenvalue weighted by Gasteiger charge is -2.22. The minimum atomic E-state index is 0.0697. The van der Waals surface area contributed by atoms with Crippen molar-refractivity contribution in [1.82, 2.24) is 5.32 Å². The van der Waals surface area contributed by atoms with E-state index in [2.05, 4.69) is 25.2 Å². The molecule has 0 radical (unpaired) electrons. The summed E-state index contributed by atoms with van der Waals surface area (Å²) < 4.78 is 6.05. The summed E-state index contributed by atoms with van der Waals surface area (Å²) in [5.41, 5.74) is 1.13. The Balaban J connectivity index is 2.71. The Morgan fingerprint density at radius 3 is 2.76 bits per heavy atom. The monoisotopic (exact) mass is 255 g/mol. The van der Waals surface area contributed by atoms with Crippen molar-refractivity contribution in [2.75, 3.05) is 13.6 Å². The molecule has 0 heterocycles. The molecule has 1 aromatic rings. The molecular weight excluding hydrogens is 234 g/mol. The highest BCUT2D eigenvalue weighted by atomic mass is 35.5. The SMILES string of the molecule is CCCC(C)OC(CNC)c1cccc(Cl)c1. The number of rotatable bonds is 7. The first kappa shape index (κ1) is 14.5. The molecule has 17 heavy (non-hydrogen) atoms. The largest absolute Gasteiger partial charge is 0.369 e. The van der Waals surface area contributed by atoms with Crippen molar-refractivity contribution in [1.29, 1.82) is 0 Å². The first-order chi connectivity index (χ1) is 8.17. The van der Waals surface area contributed by atoms with E-state index in [4.69, 9.17) is 16.3 Å². The van der Waals surface area contributed by atoms with Crippen molar-refractivity contribution in [2.24, 2.45) is 0 Å². The second-order valence-corrected chi connectivity index (χ2v) is 4.77. The molecule has 0 aliphatic carbocycles. The summed E-state index contributed by atoms with van der Waals surface area (Å²) in [6.07, 6.45) is 2.57. The molecule has 0 bridgehead atoms. The smallest absolute Gasteiger partial charge is 0.0953 e. The van der Waals surface area contributed by atoms with E-state index in [0.29, 0.717) is 0 Å². The molecule has 0 aromatic heterocycles. The van der Waals surface area contributed by atoms with Crippen LogP contribution in [0.1, 0.15) is 38.4 Å². The van der Waals surface area contributed by atoms with E-state index in [-0.39, 0.29) is 12.2 Å². The van der Waals surface area contributed by atoms with Gasteiger partial charge >= 0.3 is 0 Å². The second kappa shape index (κ2) is 7.70. The number of likely N-dealkylation sites (N-methyl/N-ethyl adjacent to an activating group) is 1. The fourth-order valence-corrected chi connectivity index (χ4v) is 2.09. The summed E-state index contributed by atoms with van der Waals surface area (Å²) >= 11 is 6.01. The quantitative estimate of drug-likeness (QED) is 0.800. The summed E-state index contributed by atoms with van der Waals surface area (Å²) in [6.45, 7) is 5.09. The van der Waals surface area contributed by atoms with Crippen LogP contribution in [0.25, 0.3) is 0 Å². The minimum absolute atomic E-state index is 0.0697. The van der Waals surface area contributed by atoms with E-state index in [1.807, 2.05) is 25.2 Å². The molecule has 0 aliphatic rings. The van der Waals surface area contributed by atoms with Gasteiger partial charge in [-0.2, -0.15) is 0 Å². The van der Waals surface area contributed by atoms with Crippen LogP contribution in [0.15, 0.2) is 24.3 Å². The molecule has 3 heteroatoms. The molecule has 96 valence electrons. The van der Waals surface area contributed by atoms with Crippen LogP contribution in [0.5, 0.6) is 0 Å². The van der Waals surface area contributed by atoms with Crippen LogP contribution in [-0.4, -0.2) is 19.7 Å². The number of benzene rings is 1. The van der Waals surface area contributed by atoms with Crippen molar-refractivity contribution in [2.45, 2.75) is 38.9 Å². The maximum atomic E-state index is 6.05. The molecule has 0 amide bonds. The molecule has 0 fully saturated rings. The van der Waals surface area contributed by atoms with Gasteiger partial charge in [0, 0.05) is 11.6 Å². The molecule has 0 saturated heterocycles. The molecule has 1 aromatic carbocycles. The lowest BCUT2D eigenvalue weighted by molar-refractivity contribution is -0.00631. The van der Waals surface area contributed by atoms with Crippen LogP contribution >= 0.6 is 11.6 Å². The van der Waals surface area contributed by atoms with E-state index in [9.17, 15) is 0 Å². The van der Waals surface area contributed by atoms with Gasteiger partial charge in [0.05, 0.1) is 12.2 Å². The molecule has 0 saturated carbocycles. The minimum Gasteiger partial charge on any atom is -0.369 e. The van der Waals surface area contributed by atoms with E-state index >= 15 is 0 Å². The van der Waals surface area contributed by atoms with Crippen molar-refractivity contribution in [3.63, 3.8) is 0 Å². The fraction of sp³-hybridized carbons (Fsp3) is 0.571. The summed E-state index contributed by atoms with van der Waals surface area (Å²) in [7, 11) is 1.94. The zero-order chi connectivity index (χ0) is 12.7. The van der Waals surface area contributed by atoms with Crippen LogP contribution in [0.3, 0.4) is 0 Å². The third-order valence-corrected chi connectivity index (χ3v) is 2.94. The third kappa shape index (κ3) is 5.07. The molecule has 0 aliphatic heterocycles. The number of hydrogen-bond acceptors (Lipinski definition) is 2. The topological polar surface area (TPSA) is 21.3 Å². The predicted molar refractivity (Wildman–Crippen MR) is 73.6 cm³/mol. The lowest BCUT2D eigenvalue weighted by Crippen LogP contribution is -2.23. The summed E-state index contributed by atoms with van der Waals surface area (Å²) in [5, 5.41) is 3.92. The molecule has 2 atom stereocenters.